The summed E-state index contributed by atoms with van der Waals surface area (Å²) in [6.45, 7) is 0. The van der Waals surface area contributed by atoms with E-state index < -0.39 is 5.54 Å². The van der Waals surface area contributed by atoms with Gasteiger partial charge < -0.3 is 10.3 Å². The van der Waals surface area contributed by atoms with Crippen molar-refractivity contribution in [3.63, 3.8) is 0 Å². The normalized spacial score (nSPS) is 19.0. The molecule has 2 aromatic heterocycles. The summed E-state index contributed by atoms with van der Waals surface area (Å²) in [5.41, 5.74) is -0.661. The summed E-state index contributed by atoms with van der Waals surface area (Å²) in [6, 6.07) is 3.00. The van der Waals surface area contributed by atoms with E-state index in [0.717, 1.165) is 32.1 Å². The fourth-order valence-electron chi connectivity index (χ4n) is 2.91. The van der Waals surface area contributed by atoms with E-state index >= 15 is 0 Å². The number of aromatic nitrogens is 4. The van der Waals surface area contributed by atoms with Crippen molar-refractivity contribution in [1.82, 2.24) is 25.3 Å². The molecule has 7 nitrogen and oxygen atoms in total. The van der Waals surface area contributed by atoms with Crippen LogP contribution in [0.1, 0.15) is 60.2 Å². The first-order valence-electron chi connectivity index (χ1n) is 7.88. The molecule has 0 bridgehead atoms. The molecule has 23 heavy (non-hydrogen) atoms. The lowest BCUT2D eigenvalue weighted by molar-refractivity contribution is 0.0803. The Balaban J connectivity index is 1.61. The molecule has 7 heteroatoms. The molecule has 2 fully saturated rings. The Bertz CT molecular complexity index is 794. The van der Waals surface area contributed by atoms with E-state index in [4.69, 9.17) is 0 Å². The van der Waals surface area contributed by atoms with E-state index in [-0.39, 0.29) is 23.1 Å². The molecule has 1 amide bonds. The third kappa shape index (κ3) is 2.62. The highest BCUT2D eigenvalue weighted by Gasteiger charge is 2.43. The number of hydrogen-bond donors (Lipinski definition) is 2. The second-order valence-corrected chi connectivity index (χ2v) is 6.25. The van der Waals surface area contributed by atoms with E-state index in [1.807, 2.05) is 0 Å². The molecule has 2 aromatic rings. The van der Waals surface area contributed by atoms with Gasteiger partial charge in [0, 0.05) is 24.4 Å². The number of nitrogens with zero attached hydrogens (tertiary/aromatic N) is 3. The number of amides is 1. The average molecular weight is 311 g/mol. The van der Waals surface area contributed by atoms with Crippen LogP contribution < -0.4 is 10.9 Å². The highest BCUT2D eigenvalue weighted by molar-refractivity contribution is 5.92. The molecule has 2 heterocycles. The fourth-order valence-corrected chi connectivity index (χ4v) is 2.91. The Labute approximate surface area is 132 Å². The molecule has 118 valence electrons. The zero-order valence-corrected chi connectivity index (χ0v) is 12.6. The molecule has 0 aromatic carbocycles. The summed E-state index contributed by atoms with van der Waals surface area (Å²) in [5.74, 6) is 1.17. The number of H-pyrrole nitrogens is 1. The third-order valence-corrected chi connectivity index (χ3v) is 4.51. The standard InChI is InChI=1S/C16H17N5O2/c22-12-9-11(19-13(20-12)10-3-4-10)14(23)21-16(5-1-6-16)15-17-7-2-8-18-15/h2,7-10H,1,3-6H2,(H,21,23)(H,19,20,22). The molecule has 2 aliphatic carbocycles. The maximum absolute atomic E-state index is 12.6. The minimum Gasteiger partial charge on any atom is -0.338 e. The zero-order valence-electron chi connectivity index (χ0n) is 12.6. The third-order valence-electron chi connectivity index (χ3n) is 4.51. The molecule has 2 N–H and O–H groups in total. The molecule has 0 atom stereocenters. The van der Waals surface area contributed by atoms with Crippen LogP contribution in [0.3, 0.4) is 0 Å². The quantitative estimate of drug-likeness (QED) is 0.885. The van der Waals surface area contributed by atoms with Crippen molar-refractivity contribution in [2.75, 3.05) is 0 Å². The highest BCUT2D eigenvalue weighted by atomic mass is 16.2. The molecule has 0 saturated heterocycles. The summed E-state index contributed by atoms with van der Waals surface area (Å²) in [6.07, 6.45) is 7.96. The lowest BCUT2D eigenvalue weighted by atomic mass is 9.76. The van der Waals surface area contributed by atoms with Crippen LogP contribution >= 0.6 is 0 Å². The predicted molar refractivity (Wildman–Crippen MR) is 81.9 cm³/mol. The van der Waals surface area contributed by atoms with E-state index in [2.05, 4.69) is 25.3 Å². The van der Waals surface area contributed by atoms with Gasteiger partial charge in [-0.3, -0.25) is 9.59 Å². The first-order valence-corrected chi connectivity index (χ1v) is 7.88. The predicted octanol–water partition coefficient (Wildman–Crippen LogP) is 1.25. The van der Waals surface area contributed by atoms with Gasteiger partial charge in [0.2, 0.25) is 0 Å². The van der Waals surface area contributed by atoms with Crippen LogP contribution in [0.5, 0.6) is 0 Å². The summed E-state index contributed by atoms with van der Waals surface area (Å²) in [4.78, 5) is 40.0. The van der Waals surface area contributed by atoms with Gasteiger partial charge in [0.05, 0.1) is 0 Å². The van der Waals surface area contributed by atoms with Gasteiger partial charge in [0.25, 0.3) is 11.5 Å². The SMILES string of the molecule is O=C(NC1(c2ncccn2)CCC1)c1cc(=O)[nH]c(C2CC2)n1. The number of hydrogen-bond acceptors (Lipinski definition) is 5. The number of aromatic amines is 1. The van der Waals surface area contributed by atoms with Crippen molar-refractivity contribution >= 4 is 5.91 Å². The van der Waals surface area contributed by atoms with Crippen LogP contribution in [0, 0.1) is 0 Å². The number of carbonyl (C=O) groups is 1. The monoisotopic (exact) mass is 311 g/mol. The molecule has 2 aliphatic rings. The van der Waals surface area contributed by atoms with Crippen LogP contribution in [0.4, 0.5) is 0 Å². The van der Waals surface area contributed by atoms with Crippen LogP contribution in [-0.2, 0) is 5.54 Å². The summed E-state index contributed by atoms with van der Waals surface area (Å²) in [5, 5.41) is 3.00. The molecule has 0 unspecified atom stereocenters. The van der Waals surface area contributed by atoms with Gasteiger partial charge in [-0.15, -0.1) is 0 Å². The van der Waals surface area contributed by atoms with Gasteiger partial charge >= 0.3 is 0 Å². The molecule has 2 saturated carbocycles. The van der Waals surface area contributed by atoms with Gasteiger partial charge in [0.15, 0.2) is 5.82 Å². The van der Waals surface area contributed by atoms with Crippen molar-refractivity contribution in [3.05, 3.63) is 52.2 Å². The lowest BCUT2D eigenvalue weighted by Crippen LogP contribution is -2.52. The molecule has 0 radical (unpaired) electrons. The van der Waals surface area contributed by atoms with Crippen LogP contribution in [-0.4, -0.2) is 25.8 Å². The summed E-state index contributed by atoms with van der Waals surface area (Å²) >= 11 is 0. The maximum atomic E-state index is 12.6. The second-order valence-electron chi connectivity index (χ2n) is 6.25. The molecule has 4 rings (SSSR count). The summed E-state index contributed by atoms with van der Waals surface area (Å²) in [7, 11) is 0. The van der Waals surface area contributed by atoms with Gasteiger partial charge in [-0.05, 0) is 38.2 Å². The van der Waals surface area contributed by atoms with Gasteiger partial charge in [-0.1, -0.05) is 0 Å². The summed E-state index contributed by atoms with van der Waals surface area (Å²) < 4.78 is 0. The van der Waals surface area contributed by atoms with E-state index in [1.54, 1.807) is 18.5 Å². The smallest absolute Gasteiger partial charge is 0.270 e. The number of nitrogens with one attached hydrogen (secondary N) is 2. The molecular weight excluding hydrogens is 294 g/mol. The van der Waals surface area contributed by atoms with Crippen molar-refractivity contribution in [2.24, 2.45) is 0 Å². The Morgan fingerprint density at radius 1 is 1.26 bits per heavy atom. The van der Waals surface area contributed by atoms with Crippen LogP contribution in [0.15, 0.2) is 29.3 Å². The zero-order chi connectivity index (χ0) is 15.9. The Hall–Kier alpha value is -2.57. The fraction of sp³-hybridized carbons (Fsp3) is 0.438. The Morgan fingerprint density at radius 2 is 2.00 bits per heavy atom. The minimum atomic E-state index is -0.539. The Morgan fingerprint density at radius 3 is 2.61 bits per heavy atom. The molecule has 0 spiro atoms. The van der Waals surface area contributed by atoms with E-state index in [0.29, 0.717) is 11.6 Å². The lowest BCUT2D eigenvalue weighted by Gasteiger charge is -2.40. The van der Waals surface area contributed by atoms with Crippen LogP contribution in [0.2, 0.25) is 0 Å². The second kappa shape index (κ2) is 5.26. The molecule has 0 aliphatic heterocycles. The van der Waals surface area contributed by atoms with Crippen molar-refractivity contribution in [3.8, 4) is 0 Å². The first-order chi connectivity index (χ1) is 11.2. The van der Waals surface area contributed by atoms with Crippen molar-refractivity contribution < 1.29 is 4.79 Å². The first kappa shape index (κ1) is 14.0. The largest absolute Gasteiger partial charge is 0.338 e. The number of carbonyl (C=O) groups excluding carboxylic acids is 1. The van der Waals surface area contributed by atoms with Crippen molar-refractivity contribution in [1.29, 1.82) is 0 Å². The number of rotatable bonds is 4. The van der Waals surface area contributed by atoms with Gasteiger partial charge in [-0.2, -0.15) is 0 Å². The van der Waals surface area contributed by atoms with Gasteiger partial charge in [0.1, 0.15) is 17.1 Å². The van der Waals surface area contributed by atoms with Gasteiger partial charge in [-0.25, -0.2) is 15.0 Å². The maximum Gasteiger partial charge on any atom is 0.270 e. The highest BCUT2D eigenvalue weighted by Crippen LogP contribution is 2.40. The van der Waals surface area contributed by atoms with Crippen LogP contribution in [0.25, 0.3) is 0 Å². The topological polar surface area (TPSA) is 101 Å². The average Bonchev–Trinajstić information content (AvgIpc) is 3.36. The van der Waals surface area contributed by atoms with Crippen molar-refractivity contribution in [2.45, 2.75) is 43.6 Å². The Kier molecular flexibility index (Phi) is 3.21. The minimum absolute atomic E-state index is 0.165. The van der Waals surface area contributed by atoms with E-state index in [1.165, 1.54) is 6.07 Å². The molecular formula is C16H17N5O2. The van der Waals surface area contributed by atoms with E-state index in [9.17, 15) is 9.59 Å².